The number of aliphatic imine (C=N–C) groups is 1. The number of nitrogens with two attached hydrogens (primary N) is 2. The van der Waals surface area contributed by atoms with Gasteiger partial charge in [0.25, 0.3) is 0 Å². The third-order valence-electron chi connectivity index (χ3n) is 6.55. The molecule has 0 spiro atoms. The molecule has 223 valence electrons. The molecule has 20 heteroatoms. The average molecular weight is 612 g/mol. The van der Waals surface area contributed by atoms with Gasteiger partial charge in [0.1, 0.15) is 56.8 Å². The van der Waals surface area contributed by atoms with Gasteiger partial charge in [0.2, 0.25) is 5.91 Å². The third-order valence-corrected chi connectivity index (χ3v) is 10.2. The van der Waals surface area contributed by atoms with Crippen molar-refractivity contribution >= 4 is 58.6 Å². The molecule has 1 aromatic heterocycles. The van der Waals surface area contributed by atoms with Gasteiger partial charge in [-0.2, -0.15) is 0 Å². The normalized spacial score (nSPS) is 31.0. The first-order valence-electron chi connectivity index (χ1n) is 12.5. The molecule has 3 unspecified atom stereocenters. The minimum Gasteiger partial charge on any atom is -0.394 e. The van der Waals surface area contributed by atoms with Crippen molar-refractivity contribution in [3.63, 3.8) is 0 Å². The van der Waals surface area contributed by atoms with Crippen LogP contribution in [0.25, 0.3) is 0 Å². The van der Waals surface area contributed by atoms with Crippen LogP contribution in [0.15, 0.2) is 17.1 Å². The van der Waals surface area contributed by atoms with Crippen LogP contribution in [0.3, 0.4) is 0 Å². The quantitative estimate of drug-likeness (QED) is 0.0616. The first kappa shape index (κ1) is 34.0. The maximum absolute atomic E-state index is 14.2. The Morgan fingerprint density at radius 2 is 1.95 bits per heavy atom. The number of hydrogen-bond donors (Lipinski definition) is 5. The number of carbonyl (C=O) groups excluding carboxylic acids is 1. The molecule has 2 aliphatic rings. The molecule has 15 nitrogen and oxygen atoms in total. The summed E-state index contributed by atoms with van der Waals surface area (Å²) in [6, 6.07) is 1.71. The largest absolute Gasteiger partial charge is 0.394 e. The molecule has 2 fully saturated rings. The number of ether oxygens (including phenoxy) is 4. The van der Waals surface area contributed by atoms with Crippen molar-refractivity contribution in [2.45, 2.75) is 54.4 Å². The van der Waals surface area contributed by atoms with Gasteiger partial charge in [-0.15, -0.1) is 0 Å². The average Bonchev–Trinajstić information content (AvgIpc) is 3.56. The third kappa shape index (κ3) is 8.53. The molecule has 0 aliphatic carbocycles. The molecule has 5 radical (unpaired) electrons. The Morgan fingerprint density at radius 3 is 2.54 bits per heavy atom. The lowest BCUT2D eigenvalue weighted by Gasteiger charge is -2.28. The number of hydrogen-bond acceptors (Lipinski definition) is 12. The number of methoxy groups -OCH3 is 2. The highest BCUT2D eigenvalue weighted by Gasteiger charge is 2.49. The fraction of sp³-hybridized carbons (Fsp3) is 0.714. The summed E-state index contributed by atoms with van der Waals surface area (Å²) in [5.74, 6) is -0.0992. The fourth-order valence-electron chi connectivity index (χ4n) is 4.36. The van der Waals surface area contributed by atoms with Crippen LogP contribution in [0.2, 0.25) is 0 Å². The highest BCUT2D eigenvalue weighted by molar-refractivity contribution is 8.54. The molecular formula is C21H34B3N5O10PS. The lowest BCUT2D eigenvalue weighted by molar-refractivity contribution is -0.114. The van der Waals surface area contributed by atoms with E-state index in [2.05, 4.69) is 10.3 Å². The van der Waals surface area contributed by atoms with Crippen molar-refractivity contribution in [2.75, 3.05) is 39.3 Å². The molecule has 1 amide bonds. The van der Waals surface area contributed by atoms with Crippen LogP contribution >= 0.6 is 18.2 Å². The van der Waals surface area contributed by atoms with Crippen molar-refractivity contribution in [2.24, 2.45) is 23.5 Å². The van der Waals surface area contributed by atoms with Crippen LogP contribution in [-0.4, -0.2) is 132 Å². The van der Waals surface area contributed by atoms with E-state index in [9.17, 15) is 19.6 Å². The summed E-state index contributed by atoms with van der Waals surface area (Å²) in [6.45, 7) is -5.15. The second-order valence-corrected chi connectivity index (χ2v) is 13.2. The van der Waals surface area contributed by atoms with Crippen molar-refractivity contribution < 1.29 is 47.6 Å². The number of aliphatic hydroxyl groups is 2. The summed E-state index contributed by atoms with van der Waals surface area (Å²) in [5, 5.41) is 23.1. The Balaban J connectivity index is 1.77. The number of anilines is 1. The molecule has 41 heavy (non-hydrogen) atoms. The van der Waals surface area contributed by atoms with E-state index in [0.717, 1.165) is 11.4 Å². The van der Waals surface area contributed by atoms with Gasteiger partial charge in [0, 0.05) is 52.5 Å². The number of nitrogens with one attached hydrogen (secondary N) is 1. The van der Waals surface area contributed by atoms with Gasteiger partial charge in [-0.3, -0.25) is 13.8 Å². The molecule has 0 bridgehead atoms. The monoisotopic (exact) mass is 612 g/mol. The molecule has 1 aromatic rings. The highest BCUT2D eigenvalue weighted by Crippen LogP contribution is 2.63. The lowest BCUT2D eigenvalue weighted by Crippen LogP contribution is -2.39. The zero-order valence-corrected chi connectivity index (χ0v) is 24.6. The molecule has 7 N–H and O–H groups in total. The first-order valence-corrected chi connectivity index (χ1v) is 15.6. The molecule has 0 aromatic carbocycles. The Kier molecular flexibility index (Phi) is 12.7. The second-order valence-electron chi connectivity index (χ2n) is 9.19. The van der Waals surface area contributed by atoms with Crippen LogP contribution < -0.4 is 16.8 Å². The zero-order valence-electron chi connectivity index (χ0n) is 22.9. The summed E-state index contributed by atoms with van der Waals surface area (Å²) in [7, 11) is 17.3. The predicted molar refractivity (Wildman–Crippen MR) is 154 cm³/mol. The molecule has 9 atom stereocenters. The maximum atomic E-state index is 14.2. The molecule has 2 aliphatic heterocycles. The Hall–Kier alpha value is -1.53. The van der Waals surface area contributed by atoms with E-state index >= 15 is 0 Å². The van der Waals surface area contributed by atoms with E-state index in [-0.39, 0.29) is 24.9 Å². The molecule has 0 saturated carbocycles. The number of rotatable bonds is 15. The fourth-order valence-corrected chi connectivity index (χ4v) is 7.77. The molecule has 2 saturated heterocycles. The van der Waals surface area contributed by atoms with Crippen LogP contribution in [0.4, 0.5) is 5.82 Å². The number of carbonyl (C=O) groups is 1. The van der Waals surface area contributed by atoms with Crippen LogP contribution in [0, 0.1) is 0 Å². The van der Waals surface area contributed by atoms with E-state index in [1.807, 2.05) is 0 Å². The van der Waals surface area contributed by atoms with E-state index < -0.39 is 67.9 Å². The van der Waals surface area contributed by atoms with Gasteiger partial charge >= 0.3 is 6.80 Å². The standard InChI is InChI=1S/C21H34B3N5O10PS/c1-29-10(4-5-13(29)28-14(31)6-27-21(25)26)9-41-40(33,36-8-12-15(32)17(34-2)19(22)37-12)39-16-11(7-30)38-20(24-23)18(16)35-3/h4-5,11-12,15-20,30,32H,6-9H2,1-3H3,(H,28,31)(H4,25,26,27)/t11-,12-,15?,16?,17+,18+,19-,20-,40?/m1/s1. The SMILES string of the molecule is [B][B][C@@H]1O[C@H](CO)C(OP(=O)(OC[C@H]2O[C@@H]([B])[C@@H](OC)C2O)SCc2ccc(NC(=O)CN=C(N)N)n2C)[C@@H]1OC. The minimum absolute atomic E-state index is 0.104. The van der Waals surface area contributed by atoms with Crippen molar-refractivity contribution in [1.29, 1.82) is 0 Å². The van der Waals surface area contributed by atoms with Gasteiger partial charge in [-0.05, 0) is 23.5 Å². The lowest BCUT2D eigenvalue weighted by atomic mass is 9.50. The van der Waals surface area contributed by atoms with Crippen molar-refractivity contribution in [1.82, 2.24) is 4.57 Å². The second kappa shape index (κ2) is 15.3. The number of guanidine groups is 1. The topological polar surface area (TPSA) is 211 Å². The zero-order chi connectivity index (χ0) is 30.3. The van der Waals surface area contributed by atoms with E-state index in [1.54, 1.807) is 23.7 Å². The van der Waals surface area contributed by atoms with Gasteiger partial charge in [0.15, 0.2) is 5.96 Å². The molecule has 3 rings (SSSR count). The van der Waals surface area contributed by atoms with Crippen molar-refractivity contribution in [3.05, 3.63) is 17.8 Å². The van der Waals surface area contributed by atoms with Crippen LogP contribution in [-0.2, 0) is 50.2 Å². The summed E-state index contributed by atoms with van der Waals surface area (Å²) in [6.07, 6.45) is -5.63. The van der Waals surface area contributed by atoms with Crippen molar-refractivity contribution in [3.8, 4) is 0 Å². The Morgan fingerprint density at radius 1 is 1.24 bits per heavy atom. The summed E-state index contributed by atoms with van der Waals surface area (Å²) >= 11 is 0.839. The highest BCUT2D eigenvalue weighted by atomic mass is 32.7. The van der Waals surface area contributed by atoms with Gasteiger partial charge in [-0.1, -0.05) is 0 Å². The van der Waals surface area contributed by atoms with E-state index in [1.165, 1.54) is 21.4 Å². The molecular weight excluding hydrogens is 578 g/mol. The first-order chi connectivity index (χ1) is 19.5. The number of nitrogens with zero attached hydrogens (tertiary/aromatic N) is 2. The van der Waals surface area contributed by atoms with Crippen LogP contribution in [0.5, 0.6) is 0 Å². The van der Waals surface area contributed by atoms with Gasteiger partial charge in [0.05, 0.1) is 20.4 Å². The van der Waals surface area contributed by atoms with E-state index in [4.69, 9.17) is 55.0 Å². The van der Waals surface area contributed by atoms with Gasteiger partial charge < -0.3 is 50.5 Å². The Bertz CT molecular complexity index is 1100. The maximum Gasteiger partial charge on any atom is 0.390 e. The van der Waals surface area contributed by atoms with Crippen LogP contribution in [0.1, 0.15) is 5.69 Å². The predicted octanol–water partition coefficient (Wildman–Crippen LogP) is -2.23. The van der Waals surface area contributed by atoms with Gasteiger partial charge in [-0.25, -0.2) is 9.56 Å². The number of amides is 1. The van der Waals surface area contributed by atoms with E-state index in [0.29, 0.717) is 11.5 Å². The molecule has 3 heterocycles. The number of aromatic nitrogens is 1. The number of aliphatic hydroxyl groups excluding tert-OH is 2. The summed E-state index contributed by atoms with van der Waals surface area (Å²) in [4.78, 5) is 15.8. The summed E-state index contributed by atoms with van der Waals surface area (Å²) in [5.41, 5.74) is 11.2. The minimum atomic E-state index is -4.09. The smallest absolute Gasteiger partial charge is 0.390 e. The Labute approximate surface area is 245 Å². The summed E-state index contributed by atoms with van der Waals surface area (Å²) < 4.78 is 49.5.